The second-order valence-corrected chi connectivity index (χ2v) is 7.65. The standard InChI is InChI=1S/C22H24N4O2/c1-15-19(21(28)26(25-15)18-8-6-5-7-9-18)14-23-24-20(27)16-10-12-17(13-11-16)22(2,3)4/h5-14,25H,1-4H3,(H,24,27)/b23-14-. The zero-order valence-corrected chi connectivity index (χ0v) is 16.5. The van der Waals surface area contributed by atoms with Gasteiger partial charge in [-0.15, -0.1) is 0 Å². The van der Waals surface area contributed by atoms with Gasteiger partial charge >= 0.3 is 0 Å². The van der Waals surface area contributed by atoms with Gasteiger partial charge < -0.3 is 0 Å². The molecule has 28 heavy (non-hydrogen) atoms. The molecule has 0 fully saturated rings. The van der Waals surface area contributed by atoms with Crippen molar-refractivity contribution >= 4 is 12.1 Å². The summed E-state index contributed by atoms with van der Waals surface area (Å²) in [6.45, 7) is 8.14. The molecule has 0 saturated carbocycles. The van der Waals surface area contributed by atoms with Gasteiger partial charge in [0.2, 0.25) is 0 Å². The first-order chi connectivity index (χ1) is 13.3. The minimum Gasteiger partial charge on any atom is -0.295 e. The number of carbonyl (C=O) groups excluding carboxylic acids is 1. The lowest BCUT2D eigenvalue weighted by atomic mass is 9.87. The van der Waals surface area contributed by atoms with E-state index in [0.29, 0.717) is 16.8 Å². The third kappa shape index (κ3) is 4.11. The van der Waals surface area contributed by atoms with Gasteiger partial charge in [-0.1, -0.05) is 51.1 Å². The summed E-state index contributed by atoms with van der Waals surface area (Å²) >= 11 is 0. The van der Waals surface area contributed by atoms with Crippen molar-refractivity contribution in [3.8, 4) is 5.69 Å². The highest BCUT2D eigenvalue weighted by Crippen LogP contribution is 2.22. The Balaban J connectivity index is 1.74. The number of nitrogens with one attached hydrogen (secondary N) is 2. The summed E-state index contributed by atoms with van der Waals surface area (Å²) in [5, 5.41) is 6.98. The van der Waals surface area contributed by atoms with E-state index in [9.17, 15) is 9.59 Å². The van der Waals surface area contributed by atoms with Crippen LogP contribution in [0.25, 0.3) is 5.69 Å². The number of hydrogen-bond acceptors (Lipinski definition) is 3. The number of para-hydroxylation sites is 1. The Hall–Kier alpha value is -3.41. The number of rotatable bonds is 4. The number of aryl methyl sites for hydroxylation is 1. The lowest BCUT2D eigenvalue weighted by Gasteiger charge is -2.18. The molecule has 0 unspecified atom stereocenters. The van der Waals surface area contributed by atoms with Crippen molar-refractivity contribution in [2.45, 2.75) is 33.1 Å². The number of H-pyrrole nitrogens is 1. The van der Waals surface area contributed by atoms with Gasteiger partial charge in [-0.25, -0.2) is 10.1 Å². The SMILES string of the molecule is Cc1[nH]n(-c2ccccc2)c(=O)c1/C=N\NC(=O)c1ccc(C(C)(C)C)cc1. The van der Waals surface area contributed by atoms with Crippen LogP contribution >= 0.6 is 0 Å². The van der Waals surface area contributed by atoms with E-state index >= 15 is 0 Å². The fraction of sp³-hybridized carbons (Fsp3) is 0.227. The molecule has 1 amide bonds. The molecule has 0 bridgehead atoms. The topological polar surface area (TPSA) is 79.2 Å². The number of amides is 1. The largest absolute Gasteiger partial charge is 0.295 e. The van der Waals surface area contributed by atoms with Gasteiger partial charge in [0, 0.05) is 11.3 Å². The van der Waals surface area contributed by atoms with Crippen LogP contribution in [0.3, 0.4) is 0 Å². The Kier molecular flexibility index (Phi) is 5.31. The van der Waals surface area contributed by atoms with E-state index in [1.54, 1.807) is 19.1 Å². The van der Waals surface area contributed by atoms with Gasteiger partial charge in [-0.3, -0.25) is 14.7 Å². The summed E-state index contributed by atoms with van der Waals surface area (Å²) in [7, 11) is 0. The van der Waals surface area contributed by atoms with Gasteiger partial charge in [-0.2, -0.15) is 5.10 Å². The molecule has 0 spiro atoms. The molecule has 0 aliphatic carbocycles. The molecular weight excluding hydrogens is 352 g/mol. The van der Waals surface area contributed by atoms with E-state index in [2.05, 4.69) is 36.4 Å². The van der Waals surface area contributed by atoms with Gasteiger partial charge in [0.15, 0.2) is 0 Å². The van der Waals surface area contributed by atoms with Crippen LogP contribution in [-0.2, 0) is 5.41 Å². The van der Waals surface area contributed by atoms with Crippen LogP contribution < -0.4 is 11.0 Å². The van der Waals surface area contributed by atoms with Crippen molar-refractivity contribution in [1.29, 1.82) is 0 Å². The number of hydrogen-bond donors (Lipinski definition) is 2. The lowest BCUT2D eigenvalue weighted by molar-refractivity contribution is 0.0955. The van der Waals surface area contributed by atoms with E-state index < -0.39 is 0 Å². The normalized spacial score (nSPS) is 11.7. The number of benzene rings is 2. The average molecular weight is 376 g/mol. The van der Waals surface area contributed by atoms with Crippen molar-refractivity contribution in [2.75, 3.05) is 0 Å². The van der Waals surface area contributed by atoms with Gasteiger partial charge in [0.1, 0.15) is 0 Å². The van der Waals surface area contributed by atoms with Gasteiger partial charge in [-0.05, 0) is 42.2 Å². The highest BCUT2D eigenvalue weighted by Gasteiger charge is 2.14. The average Bonchev–Trinajstić information content (AvgIpc) is 2.96. The van der Waals surface area contributed by atoms with Gasteiger partial charge in [0.25, 0.3) is 11.5 Å². The summed E-state index contributed by atoms with van der Waals surface area (Å²) in [5.41, 5.74) is 5.74. The predicted octanol–water partition coefficient (Wildman–Crippen LogP) is 3.54. The maximum atomic E-state index is 12.6. The lowest BCUT2D eigenvalue weighted by Crippen LogP contribution is -2.20. The summed E-state index contributed by atoms with van der Waals surface area (Å²) < 4.78 is 1.45. The molecule has 1 heterocycles. The summed E-state index contributed by atoms with van der Waals surface area (Å²) in [5.74, 6) is -0.326. The zero-order valence-electron chi connectivity index (χ0n) is 16.5. The fourth-order valence-electron chi connectivity index (χ4n) is 2.81. The quantitative estimate of drug-likeness (QED) is 0.540. The second kappa shape index (κ2) is 7.68. The molecule has 2 aromatic carbocycles. The molecule has 3 rings (SSSR count). The van der Waals surface area contributed by atoms with Crippen LogP contribution in [0, 0.1) is 6.92 Å². The summed E-state index contributed by atoms with van der Waals surface area (Å²) in [6.07, 6.45) is 1.37. The van der Waals surface area contributed by atoms with Crippen molar-refractivity contribution in [3.05, 3.63) is 87.3 Å². The third-order valence-electron chi connectivity index (χ3n) is 4.50. The Labute approximate surface area is 163 Å². The van der Waals surface area contributed by atoms with E-state index in [1.165, 1.54) is 10.9 Å². The van der Waals surface area contributed by atoms with Crippen LogP contribution in [0.5, 0.6) is 0 Å². The first-order valence-corrected chi connectivity index (χ1v) is 9.08. The molecule has 0 radical (unpaired) electrons. The zero-order chi connectivity index (χ0) is 20.3. The Morgan fingerprint density at radius 3 is 2.32 bits per heavy atom. The molecule has 2 N–H and O–H groups in total. The van der Waals surface area contributed by atoms with Crippen LogP contribution in [0.4, 0.5) is 0 Å². The molecule has 6 nitrogen and oxygen atoms in total. The van der Waals surface area contributed by atoms with Crippen molar-refractivity contribution in [1.82, 2.24) is 15.2 Å². The van der Waals surface area contributed by atoms with Crippen LogP contribution in [0.2, 0.25) is 0 Å². The molecule has 3 aromatic rings. The first kappa shape index (κ1) is 19.4. The maximum absolute atomic E-state index is 12.6. The molecule has 0 aliphatic rings. The Morgan fingerprint density at radius 1 is 1.07 bits per heavy atom. The minimum atomic E-state index is -0.326. The smallest absolute Gasteiger partial charge is 0.280 e. The third-order valence-corrected chi connectivity index (χ3v) is 4.50. The predicted molar refractivity (Wildman–Crippen MR) is 111 cm³/mol. The van der Waals surface area contributed by atoms with Gasteiger partial charge in [0.05, 0.1) is 17.5 Å². The second-order valence-electron chi connectivity index (χ2n) is 7.65. The highest BCUT2D eigenvalue weighted by atomic mass is 16.2. The fourth-order valence-corrected chi connectivity index (χ4v) is 2.81. The molecule has 1 aromatic heterocycles. The summed E-state index contributed by atoms with van der Waals surface area (Å²) in [4.78, 5) is 24.9. The Bertz CT molecular complexity index is 1050. The molecule has 0 saturated heterocycles. The van der Waals surface area contributed by atoms with Crippen molar-refractivity contribution in [3.63, 3.8) is 0 Å². The minimum absolute atomic E-state index is 0.0254. The number of hydrazone groups is 1. The molecule has 0 aliphatic heterocycles. The van der Waals surface area contributed by atoms with Crippen molar-refractivity contribution < 1.29 is 4.79 Å². The molecular formula is C22H24N4O2. The number of nitrogens with zero attached hydrogens (tertiary/aromatic N) is 2. The molecule has 144 valence electrons. The molecule has 0 atom stereocenters. The monoisotopic (exact) mass is 376 g/mol. The Morgan fingerprint density at radius 2 is 1.71 bits per heavy atom. The van der Waals surface area contributed by atoms with Crippen molar-refractivity contribution in [2.24, 2.45) is 5.10 Å². The number of carbonyl (C=O) groups is 1. The molecule has 6 heteroatoms. The van der Waals surface area contributed by atoms with E-state index in [-0.39, 0.29) is 16.9 Å². The van der Waals surface area contributed by atoms with Crippen LogP contribution in [-0.4, -0.2) is 21.9 Å². The first-order valence-electron chi connectivity index (χ1n) is 9.08. The van der Waals surface area contributed by atoms with Crippen LogP contribution in [0.1, 0.15) is 48.0 Å². The maximum Gasteiger partial charge on any atom is 0.280 e. The highest BCUT2D eigenvalue weighted by molar-refractivity contribution is 5.95. The van der Waals surface area contributed by atoms with Crippen LogP contribution in [0.15, 0.2) is 64.5 Å². The summed E-state index contributed by atoms with van der Waals surface area (Å²) in [6, 6.07) is 16.7. The number of aromatic nitrogens is 2. The van der Waals surface area contributed by atoms with E-state index in [4.69, 9.17) is 0 Å². The van der Waals surface area contributed by atoms with E-state index in [1.807, 2.05) is 42.5 Å². The van der Waals surface area contributed by atoms with E-state index in [0.717, 1.165) is 11.3 Å². The number of aromatic amines is 1.